The van der Waals surface area contributed by atoms with Gasteiger partial charge in [0.25, 0.3) is 0 Å². The van der Waals surface area contributed by atoms with Gasteiger partial charge in [-0.2, -0.15) is 0 Å². The number of esters is 4. The zero-order valence-corrected chi connectivity index (χ0v) is 67.5. The van der Waals surface area contributed by atoms with Crippen molar-refractivity contribution < 1.29 is 80.2 Å². The summed E-state index contributed by atoms with van der Waals surface area (Å²) in [6.45, 7) is 12.0. The van der Waals surface area contributed by atoms with E-state index in [9.17, 15) is 43.2 Å². The maximum atomic E-state index is 13.1. The highest BCUT2D eigenvalue weighted by molar-refractivity contribution is 7.47. The Bertz CT molecular complexity index is 1940. The fraction of sp³-hybridized carbons (Fsp3) is 0.951. The van der Waals surface area contributed by atoms with Crippen LogP contribution in [0, 0.1) is 17.8 Å². The molecule has 0 aliphatic heterocycles. The second kappa shape index (κ2) is 71.3. The van der Waals surface area contributed by atoms with Gasteiger partial charge in [-0.1, -0.05) is 370 Å². The Morgan fingerprint density at radius 2 is 0.460 bits per heavy atom. The van der Waals surface area contributed by atoms with Crippen LogP contribution in [-0.2, 0) is 65.4 Å². The van der Waals surface area contributed by atoms with Crippen LogP contribution in [0.5, 0.6) is 0 Å². The SMILES string of the molecule is CCCCCCCCCC(=O)OC[C@H](COP(=O)(O)OC[C@H](O)COP(=O)(O)OC[C@@H](COC(=O)CCCCCCCCCCCCCCCCC(C)C)OC(=O)CCCCCCCCCCCCCCCCCCC(C)C)OC(=O)CCCCCCCCCCCCCCCCC(C)C. The first-order chi connectivity index (χ1) is 48.2. The quantitative estimate of drug-likeness (QED) is 0.0222. The number of phosphoric ester groups is 2. The molecule has 100 heavy (non-hydrogen) atoms. The highest BCUT2D eigenvalue weighted by Crippen LogP contribution is 2.45. The van der Waals surface area contributed by atoms with Gasteiger partial charge in [0.05, 0.1) is 26.4 Å². The number of hydrogen-bond acceptors (Lipinski definition) is 15. The largest absolute Gasteiger partial charge is 0.472 e. The molecule has 2 unspecified atom stereocenters. The summed E-state index contributed by atoms with van der Waals surface area (Å²) >= 11 is 0. The molecule has 0 aliphatic rings. The van der Waals surface area contributed by atoms with Crippen LogP contribution in [0.15, 0.2) is 0 Å². The summed E-state index contributed by atoms with van der Waals surface area (Å²) in [5.74, 6) is 0.289. The number of rotatable bonds is 79. The third kappa shape index (κ3) is 74.3. The molecule has 0 aromatic rings. The smallest absolute Gasteiger partial charge is 0.462 e. The molecule has 0 radical (unpaired) electrons. The lowest BCUT2D eigenvalue weighted by molar-refractivity contribution is -0.161. The first kappa shape index (κ1) is 98.1. The van der Waals surface area contributed by atoms with Crippen LogP contribution in [-0.4, -0.2) is 96.7 Å². The van der Waals surface area contributed by atoms with Gasteiger partial charge in [-0.15, -0.1) is 0 Å². The molecular formula is C81H158O17P2. The number of carbonyl (C=O) groups is 4. The number of carbonyl (C=O) groups excluding carboxylic acids is 4. The Morgan fingerprint density at radius 1 is 0.270 bits per heavy atom. The number of aliphatic hydroxyl groups excluding tert-OH is 1. The van der Waals surface area contributed by atoms with Crippen LogP contribution >= 0.6 is 15.6 Å². The molecule has 3 N–H and O–H groups in total. The second-order valence-corrected chi connectivity index (χ2v) is 33.5. The minimum absolute atomic E-state index is 0.107. The van der Waals surface area contributed by atoms with E-state index < -0.39 is 97.5 Å². The summed E-state index contributed by atoms with van der Waals surface area (Å²) in [6.07, 6.45) is 59.8. The van der Waals surface area contributed by atoms with Crippen LogP contribution in [0.1, 0.15) is 421 Å². The van der Waals surface area contributed by atoms with Gasteiger partial charge in [0.15, 0.2) is 12.2 Å². The van der Waals surface area contributed by atoms with Crippen molar-refractivity contribution in [3.8, 4) is 0 Å². The molecule has 0 saturated carbocycles. The standard InChI is InChI=1S/C81H158O17P2/c1-8-9-10-11-38-48-55-62-78(83)91-68-76(97-80(85)64-58-51-44-37-31-25-19-17-22-28-34-41-47-54-61-74(6)7)70-95-99(87,88)93-66-75(82)67-94-100(89,90)96-71-77(69-92-79(84)63-56-49-42-35-29-23-18-16-21-27-33-40-46-53-60-73(4)5)98-81(86)65-57-50-43-36-30-24-15-13-12-14-20-26-32-39-45-52-59-72(2)3/h72-77,82H,8-71H2,1-7H3,(H,87,88)(H,89,90)/t75-,76+,77+/m0/s1. The van der Waals surface area contributed by atoms with Crippen LogP contribution in [0.3, 0.4) is 0 Å². The normalized spacial score (nSPS) is 14.0. The predicted molar refractivity (Wildman–Crippen MR) is 409 cm³/mol. The molecule has 0 amide bonds. The minimum atomic E-state index is -4.96. The average Bonchev–Trinajstić information content (AvgIpc) is 0.945. The maximum Gasteiger partial charge on any atom is 0.472 e. The first-order valence-corrected chi connectivity index (χ1v) is 44.8. The molecule has 0 aromatic carbocycles. The summed E-state index contributed by atoms with van der Waals surface area (Å²) < 4.78 is 68.6. The van der Waals surface area contributed by atoms with E-state index in [1.807, 2.05) is 0 Å². The van der Waals surface area contributed by atoms with Crippen molar-refractivity contribution in [1.82, 2.24) is 0 Å². The van der Waals surface area contributed by atoms with E-state index in [1.54, 1.807) is 0 Å². The van der Waals surface area contributed by atoms with E-state index in [1.165, 1.54) is 218 Å². The monoisotopic (exact) mass is 1470 g/mol. The molecule has 0 bridgehead atoms. The number of ether oxygens (including phenoxy) is 4. The first-order valence-electron chi connectivity index (χ1n) is 41.8. The molecule has 0 aliphatic carbocycles. The van der Waals surface area contributed by atoms with Crippen LogP contribution in [0.2, 0.25) is 0 Å². The van der Waals surface area contributed by atoms with Gasteiger partial charge in [-0.25, -0.2) is 9.13 Å². The van der Waals surface area contributed by atoms with Crippen LogP contribution in [0.25, 0.3) is 0 Å². The maximum absolute atomic E-state index is 13.1. The molecule has 19 heteroatoms. The molecule has 0 spiro atoms. The molecule has 17 nitrogen and oxygen atoms in total. The van der Waals surface area contributed by atoms with Gasteiger partial charge < -0.3 is 33.8 Å². The zero-order valence-electron chi connectivity index (χ0n) is 65.7. The minimum Gasteiger partial charge on any atom is -0.462 e. The van der Waals surface area contributed by atoms with Gasteiger partial charge in [0, 0.05) is 25.7 Å². The third-order valence-corrected chi connectivity index (χ3v) is 20.8. The number of aliphatic hydroxyl groups is 1. The van der Waals surface area contributed by atoms with E-state index in [-0.39, 0.29) is 25.7 Å². The van der Waals surface area contributed by atoms with Gasteiger partial charge in [-0.05, 0) is 43.4 Å². The van der Waals surface area contributed by atoms with Crippen molar-refractivity contribution in [2.45, 2.75) is 439 Å². The molecule has 0 fully saturated rings. The molecule has 0 saturated heterocycles. The van der Waals surface area contributed by atoms with Crippen LogP contribution in [0.4, 0.5) is 0 Å². The van der Waals surface area contributed by atoms with Crippen molar-refractivity contribution in [3.05, 3.63) is 0 Å². The van der Waals surface area contributed by atoms with Crippen LogP contribution < -0.4 is 0 Å². The van der Waals surface area contributed by atoms with E-state index >= 15 is 0 Å². The Balaban J connectivity index is 5.18. The fourth-order valence-electron chi connectivity index (χ4n) is 12.5. The number of unbranched alkanes of at least 4 members (excludes halogenated alkanes) is 47. The Kier molecular flexibility index (Phi) is 69.9. The average molecular weight is 1470 g/mol. The molecule has 5 atom stereocenters. The fourth-order valence-corrected chi connectivity index (χ4v) is 14.1. The van der Waals surface area contributed by atoms with E-state index in [0.717, 1.165) is 120 Å². The zero-order chi connectivity index (χ0) is 73.7. The van der Waals surface area contributed by atoms with Crippen molar-refractivity contribution in [2.75, 3.05) is 39.6 Å². The Morgan fingerprint density at radius 3 is 0.680 bits per heavy atom. The molecule has 0 rings (SSSR count). The van der Waals surface area contributed by atoms with E-state index in [2.05, 4.69) is 48.5 Å². The topological polar surface area (TPSA) is 237 Å². The lowest BCUT2D eigenvalue weighted by atomic mass is 10.0. The summed E-state index contributed by atoms with van der Waals surface area (Å²) in [7, 11) is -9.92. The summed E-state index contributed by atoms with van der Waals surface area (Å²) in [6, 6.07) is 0. The number of hydrogen-bond donors (Lipinski definition) is 3. The summed E-state index contributed by atoms with van der Waals surface area (Å²) in [5.41, 5.74) is 0. The molecule has 0 aromatic heterocycles. The molecule has 0 heterocycles. The second-order valence-electron chi connectivity index (χ2n) is 30.6. The van der Waals surface area contributed by atoms with Crippen molar-refractivity contribution in [2.24, 2.45) is 17.8 Å². The van der Waals surface area contributed by atoms with E-state index in [4.69, 9.17) is 37.0 Å². The van der Waals surface area contributed by atoms with Crippen molar-refractivity contribution in [1.29, 1.82) is 0 Å². The summed E-state index contributed by atoms with van der Waals surface area (Å²) in [5, 5.41) is 10.6. The highest BCUT2D eigenvalue weighted by atomic mass is 31.2. The lowest BCUT2D eigenvalue weighted by Crippen LogP contribution is -2.30. The van der Waals surface area contributed by atoms with Gasteiger partial charge >= 0.3 is 39.5 Å². The lowest BCUT2D eigenvalue weighted by Gasteiger charge is -2.21. The van der Waals surface area contributed by atoms with E-state index in [0.29, 0.717) is 25.7 Å². The van der Waals surface area contributed by atoms with Crippen molar-refractivity contribution >= 4 is 39.5 Å². The van der Waals surface area contributed by atoms with Gasteiger partial charge in [-0.3, -0.25) is 37.3 Å². The number of phosphoric acid groups is 2. The Labute approximate surface area is 613 Å². The summed E-state index contributed by atoms with van der Waals surface area (Å²) in [4.78, 5) is 72.9. The van der Waals surface area contributed by atoms with Crippen molar-refractivity contribution in [3.63, 3.8) is 0 Å². The van der Waals surface area contributed by atoms with Gasteiger partial charge in [0.1, 0.15) is 19.3 Å². The van der Waals surface area contributed by atoms with Gasteiger partial charge in [0.2, 0.25) is 0 Å². The predicted octanol–water partition coefficient (Wildman–Crippen LogP) is 24.1. The third-order valence-electron chi connectivity index (χ3n) is 18.9. The highest BCUT2D eigenvalue weighted by Gasteiger charge is 2.30. The molecular weight excluding hydrogens is 1310 g/mol. The Hall–Kier alpha value is -1.94. The molecule has 594 valence electrons.